The molecule has 0 aliphatic carbocycles. The minimum absolute atomic E-state index is 0.903. The van der Waals surface area contributed by atoms with Crippen LogP contribution in [0.4, 0.5) is 0 Å². The highest BCUT2D eigenvalue weighted by molar-refractivity contribution is 4.42. The summed E-state index contributed by atoms with van der Waals surface area (Å²) in [6.45, 7) is 3.10. The van der Waals surface area contributed by atoms with Gasteiger partial charge >= 0.3 is 0 Å². The van der Waals surface area contributed by atoms with E-state index in [1.54, 1.807) is 4.80 Å². The van der Waals surface area contributed by atoms with Crippen LogP contribution in [0.3, 0.4) is 0 Å². The zero-order valence-corrected chi connectivity index (χ0v) is 6.90. The topological polar surface area (TPSA) is 43.6 Å². The summed E-state index contributed by atoms with van der Waals surface area (Å²) < 4.78 is 0. The van der Waals surface area contributed by atoms with E-state index in [1.807, 2.05) is 0 Å². The van der Waals surface area contributed by atoms with Gasteiger partial charge in [0.1, 0.15) is 0 Å². The fourth-order valence-electron chi connectivity index (χ4n) is 0.971. The summed E-state index contributed by atoms with van der Waals surface area (Å²) in [6.07, 6.45) is 6.46. The van der Waals surface area contributed by atoms with Crippen LogP contribution in [0.15, 0.2) is 6.33 Å². The van der Waals surface area contributed by atoms with E-state index in [9.17, 15) is 0 Å². The first-order valence-electron chi connectivity index (χ1n) is 4.14. The normalized spacial score (nSPS) is 10.3. The molecular weight excluding hydrogens is 140 g/mol. The molecule has 62 valence electrons. The summed E-state index contributed by atoms with van der Waals surface area (Å²) in [5, 5.41) is 11.3. The zero-order chi connectivity index (χ0) is 7.94. The Kier molecular flexibility index (Phi) is 3.58. The predicted octanol–water partition coefficient (Wildman–Crippen LogP) is 1.25. The lowest BCUT2D eigenvalue weighted by Crippen LogP contribution is -2.02. The van der Waals surface area contributed by atoms with E-state index in [0.29, 0.717) is 0 Å². The summed E-state index contributed by atoms with van der Waals surface area (Å²) in [6, 6.07) is 0. The number of tetrazole rings is 1. The highest BCUT2D eigenvalue weighted by Crippen LogP contribution is 1.99. The summed E-state index contributed by atoms with van der Waals surface area (Å²) in [7, 11) is 0. The summed E-state index contributed by atoms with van der Waals surface area (Å²) >= 11 is 0. The van der Waals surface area contributed by atoms with E-state index in [0.717, 1.165) is 13.0 Å². The van der Waals surface area contributed by atoms with Gasteiger partial charge in [-0.25, -0.2) is 0 Å². The van der Waals surface area contributed by atoms with E-state index in [2.05, 4.69) is 22.3 Å². The Morgan fingerprint density at radius 1 is 1.27 bits per heavy atom. The number of hydrogen-bond donors (Lipinski definition) is 0. The van der Waals surface area contributed by atoms with E-state index in [1.165, 1.54) is 25.6 Å². The fraction of sp³-hybridized carbons (Fsp3) is 0.857. The SMILES string of the molecule is CCCCCCn1ncnn1. The van der Waals surface area contributed by atoms with Crippen LogP contribution in [0.1, 0.15) is 32.6 Å². The summed E-state index contributed by atoms with van der Waals surface area (Å²) in [4.78, 5) is 1.63. The van der Waals surface area contributed by atoms with Gasteiger partial charge in [0.15, 0.2) is 6.33 Å². The monoisotopic (exact) mass is 154 g/mol. The van der Waals surface area contributed by atoms with Crippen LogP contribution in [-0.2, 0) is 6.54 Å². The van der Waals surface area contributed by atoms with E-state index >= 15 is 0 Å². The van der Waals surface area contributed by atoms with Crippen molar-refractivity contribution in [3.63, 3.8) is 0 Å². The molecule has 0 atom stereocenters. The van der Waals surface area contributed by atoms with Crippen molar-refractivity contribution in [1.29, 1.82) is 0 Å². The molecule has 0 unspecified atom stereocenters. The molecular formula is C7H14N4. The van der Waals surface area contributed by atoms with Gasteiger partial charge in [0.2, 0.25) is 0 Å². The van der Waals surface area contributed by atoms with Crippen molar-refractivity contribution in [2.45, 2.75) is 39.2 Å². The Hall–Kier alpha value is -0.930. The van der Waals surface area contributed by atoms with Crippen LogP contribution in [-0.4, -0.2) is 20.2 Å². The standard InChI is InChI=1S/C7H14N4/c1-2-3-4-5-6-11-9-7-8-10-11/h7H,2-6H2,1H3. The summed E-state index contributed by atoms with van der Waals surface area (Å²) in [5.74, 6) is 0. The summed E-state index contributed by atoms with van der Waals surface area (Å²) in [5.41, 5.74) is 0. The van der Waals surface area contributed by atoms with Crippen molar-refractivity contribution in [2.75, 3.05) is 0 Å². The van der Waals surface area contributed by atoms with Gasteiger partial charge in [-0.05, 0) is 11.6 Å². The molecule has 0 aromatic carbocycles. The number of aryl methyl sites for hydroxylation is 1. The second kappa shape index (κ2) is 4.82. The second-order valence-corrected chi connectivity index (χ2v) is 2.59. The van der Waals surface area contributed by atoms with Gasteiger partial charge in [-0.1, -0.05) is 26.2 Å². The van der Waals surface area contributed by atoms with E-state index in [-0.39, 0.29) is 0 Å². The zero-order valence-electron chi connectivity index (χ0n) is 6.90. The molecule has 0 bridgehead atoms. The number of aromatic nitrogens is 4. The lowest BCUT2D eigenvalue weighted by molar-refractivity contribution is 0.480. The Balaban J connectivity index is 2.04. The van der Waals surface area contributed by atoms with Crippen molar-refractivity contribution in [3.8, 4) is 0 Å². The van der Waals surface area contributed by atoms with E-state index in [4.69, 9.17) is 0 Å². The van der Waals surface area contributed by atoms with Crippen LogP contribution in [0.2, 0.25) is 0 Å². The minimum atomic E-state index is 0.903. The molecule has 0 saturated heterocycles. The molecule has 0 aliphatic heterocycles. The predicted molar refractivity (Wildman–Crippen MR) is 42.0 cm³/mol. The average Bonchev–Trinajstić information content (AvgIpc) is 2.50. The van der Waals surface area contributed by atoms with Gasteiger partial charge in [0.25, 0.3) is 0 Å². The van der Waals surface area contributed by atoms with Crippen LogP contribution in [0.5, 0.6) is 0 Å². The molecule has 4 nitrogen and oxygen atoms in total. The van der Waals surface area contributed by atoms with Gasteiger partial charge in [-0.15, -0.1) is 10.2 Å². The number of nitrogens with zero attached hydrogens (tertiary/aromatic N) is 4. The first kappa shape index (κ1) is 8.17. The lowest BCUT2D eigenvalue weighted by atomic mass is 10.2. The second-order valence-electron chi connectivity index (χ2n) is 2.59. The van der Waals surface area contributed by atoms with Crippen molar-refractivity contribution >= 4 is 0 Å². The molecule has 0 spiro atoms. The fourth-order valence-corrected chi connectivity index (χ4v) is 0.971. The third-order valence-corrected chi connectivity index (χ3v) is 1.60. The van der Waals surface area contributed by atoms with Gasteiger partial charge in [-0.2, -0.15) is 4.80 Å². The van der Waals surface area contributed by atoms with E-state index < -0.39 is 0 Å². The molecule has 0 saturated carbocycles. The molecule has 1 rings (SSSR count). The maximum atomic E-state index is 3.91. The Morgan fingerprint density at radius 3 is 2.82 bits per heavy atom. The van der Waals surface area contributed by atoms with Crippen molar-refractivity contribution in [2.24, 2.45) is 0 Å². The number of unbranched alkanes of at least 4 members (excludes halogenated alkanes) is 3. The van der Waals surface area contributed by atoms with Crippen LogP contribution in [0.25, 0.3) is 0 Å². The largest absolute Gasteiger partial charge is 0.164 e. The van der Waals surface area contributed by atoms with Gasteiger partial charge in [0.05, 0.1) is 6.54 Å². The third kappa shape index (κ3) is 3.11. The molecule has 0 fully saturated rings. The molecule has 11 heavy (non-hydrogen) atoms. The third-order valence-electron chi connectivity index (χ3n) is 1.60. The Morgan fingerprint density at radius 2 is 2.18 bits per heavy atom. The Bertz CT molecular complexity index is 171. The smallest absolute Gasteiger partial charge is 0.162 e. The van der Waals surface area contributed by atoms with Crippen LogP contribution in [0, 0.1) is 0 Å². The average molecular weight is 154 g/mol. The maximum absolute atomic E-state index is 3.91. The number of rotatable bonds is 5. The van der Waals surface area contributed by atoms with Crippen LogP contribution >= 0.6 is 0 Å². The van der Waals surface area contributed by atoms with Gasteiger partial charge in [0, 0.05) is 0 Å². The number of hydrogen-bond acceptors (Lipinski definition) is 3. The quantitative estimate of drug-likeness (QED) is 0.599. The highest BCUT2D eigenvalue weighted by Gasteiger charge is 1.91. The molecule has 4 heteroatoms. The maximum Gasteiger partial charge on any atom is 0.162 e. The molecule has 0 radical (unpaired) electrons. The minimum Gasteiger partial charge on any atom is -0.164 e. The van der Waals surface area contributed by atoms with Crippen molar-refractivity contribution in [1.82, 2.24) is 20.2 Å². The molecule has 0 aliphatic rings. The Labute approximate surface area is 66.6 Å². The highest BCUT2D eigenvalue weighted by atomic mass is 15.6. The van der Waals surface area contributed by atoms with Gasteiger partial charge in [-0.3, -0.25) is 0 Å². The molecule has 1 aromatic heterocycles. The molecule has 0 amide bonds. The molecule has 1 heterocycles. The van der Waals surface area contributed by atoms with Crippen molar-refractivity contribution < 1.29 is 0 Å². The first-order valence-corrected chi connectivity index (χ1v) is 4.14. The van der Waals surface area contributed by atoms with Gasteiger partial charge < -0.3 is 0 Å². The molecule has 1 aromatic rings. The lowest BCUT2D eigenvalue weighted by Gasteiger charge is -1.96. The van der Waals surface area contributed by atoms with Crippen LogP contribution < -0.4 is 0 Å². The first-order chi connectivity index (χ1) is 5.43. The van der Waals surface area contributed by atoms with Crippen molar-refractivity contribution in [3.05, 3.63) is 6.33 Å². The molecule has 0 N–H and O–H groups in total.